The van der Waals surface area contributed by atoms with Crippen LogP contribution in [0.15, 0.2) is 24.3 Å². The Bertz CT molecular complexity index is 576. The van der Waals surface area contributed by atoms with Crippen molar-refractivity contribution in [2.24, 2.45) is 0 Å². The number of carbonyl (C=O) groups excluding carboxylic acids is 3. The minimum Gasteiger partial charge on any atom is -0.491 e. The summed E-state index contributed by atoms with van der Waals surface area (Å²) in [6.45, 7) is 1.59. The normalized spacial score (nSPS) is 18.4. The average molecular weight is 311 g/mol. The largest absolute Gasteiger partial charge is 0.491 e. The molecule has 0 bridgehead atoms. The molecule has 1 aromatic carbocycles. The fraction of sp³-hybridized carbons (Fsp3) is 0.357. The van der Waals surface area contributed by atoms with E-state index in [9.17, 15) is 14.4 Å². The maximum atomic E-state index is 12.1. The molecule has 0 spiro atoms. The van der Waals surface area contributed by atoms with Crippen molar-refractivity contribution in [3.05, 3.63) is 29.3 Å². The second-order valence-electron chi connectivity index (χ2n) is 4.64. The number of imide groups is 1. The first-order valence-electron chi connectivity index (χ1n) is 6.49. The number of hydrogen-bond donors (Lipinski definition) is 1. The van der Waals surface area contributed by atoms with E-state index < -0.39 is 17.9 Å². The van der Waals surface area contributed by atoms with Crippen molar-refractivity contribution in [3.63, 3.8) is 0 Å². The van der Waals surface area contributed by atoms with Gasteiger partial charge in [-0.25, -0.2) is 0 Å². The molecule has 0 aliphatic carbocycles. The lowest BCUT2D eigenvalue weighted by atomic mass is 10.2. The number of rotatable bonds is 4. The van der Waals surface area contributed by atoms with Crippen LogP contribution in [0.4, 0.5) is 0 Å². The molecule has 1 saturated heterocycles. The molecule has 1 atom stereocenters. The van der Waals surface area contributed by atoms with Crippen LogP contribution < -0.4 is 10.1 Å². The summed E-state index contributed by atoms with van der Waals surface area (Å²) in [5.74, 6) is -0.754. The Labute approximate surface area is 127 Å². The monoisotopic (exact) mass is 310 g/mol. The van der Waals surface area contributed by atoms with Gasteiger partial charge >= 0.3 is 0 Å². The molecule has 0 saturated carbocycles. The number of benzene rings is 1. The van der Waals surface area contributed by atoms with Gasteiger partial charge in [0.1, 0.15) is 18.3 Å². The van der Waals surface area contributed by atoms with Crippen LogP contribution >= 0.6 is 11.6 Å². The molecule has 1 heterocycles. The van der Waals surface area contributed by atoms with E-state index in [1.165, 1.54) is 4.90 Å². The highest BCUT2D eigenvalue weighted by atomic mass is 35.5. The maximum Gasteiger partial charge on any atom is 0.249 e. The second kappa shape index (κ2) is 6.58. The van der Waals surface area contributed by atoms with Gasteiger partial charge in [0.15, 0.2) is 0 Å². The van der Waals surface area contributed by atoms with Crippen LogP contribution in [0.5, 0.6) is 5.75 Å². The van der Waals surface area contributed by atoms with Gasteiger partial charge in [0.25, 0.3) is 0 Å². The number of halogens is 1. The van der Waals surface area contributed by atoms with Crippen LogP contribution in [-0.4, -0.2) is 41.8 Å². The zero-order chi connectivity index (χ0) is 15.4. The van der Waals surface area contributed by atoms with Crippen molar-refractivity contribution < 1.29 is 19.1 Å². The molecule has 6 nitrogen and oxygen atoms in total. The number of nitrogens with zero attached hydrogens (tertiary/aromatic N) is 1. The minimum absolute atomic E-state index is 0.0656. The number of amides is 3. The Kier molecular flexibility index (Phi) is 4.80. The second-order valence-corrected chi connectivity index (χ2v) is 5.05. The van der Waals surface area contributed by atoms with Crippen LogP contribution in [0, 0.1) is 0 Å². The number of hydrogen-bond acceptors (Lipinski definition) is 4. The van der Waals surface area contributed by atoms with Crippen LogP contribution in [0.1, 0.15) is 13.3 Å². The Balaban J connectivity index is 1.88. The van der Waals surface area contributed by atoms with Gasteiger partial charge in [-0.2, -0.15) is 0 Å². The van der Waals surface area contributed by atoms with Crippen LogP contribution in [0.25, 0.3) is 0 Å². The first kappa shape index (κ1) is 15.3. The molecule has 0 aromatic heterocycles. The van der Waals surface area contributed by atoms with Gasteiger partial charge in [-0.05, 0) is 19.1 Å². The zero-order valence-corrected chi connectivity index (χ0v) is 12.2. The van der Waals surface area contributed by atoms with Crippen molar-refractivity contribution in [1.29, 1.82) is 0 Å². The van der Waals surface area contributed by atoms with Gasteiger partial charge in [0.2, 0.25) is 17.7 Å². The van der Waals surface area contributed by atoms with Gasteiger partial charge in [0.05, 0.1) is 18.1 Å². The molecule has 1 aliphatic rings. The molecule has 112 valence electrons. The number of para-hydroxylation sites is 1. The fourth-order valence-corrected chi connectivity index (χ4v) is 2.16. The molecular formula is C14H15ClN2O4. The molecule has 21 heavy (non-hydrogen) atoms. The van der Waals surface area contributed by atoms with E-state index >= 15 is 0 Å². The highest BCUT2D eigenvalue weighted by Gasteiger charge is 2.33. The van der Waals surface area contributed by atoms with E-state index in [-0.39, 0.29) is 25.5 Å². The third-order valence-corrected chi connectivity index (χ3v) is 3.47. The summed E-state index contributed by atoms with van der Waals surface area (Å²) in [6, 6.07) is 6.29. The van der Waals surface area contributed by atoms with E-state index in [2.05, 4.69) is 5.32 Å². The summed E-state index contributed by atoms with van der Waals surface area (Å²) >= 11 is 5.93. The Hall–Kier alpha value is -2.08. The summed E-state index contributed by atoms with van der Waals surface area (Å²) in [7, 11) is 0. The molecule has 1 aromatic rings. The summed E-state index contributed by atoms with van der Waals surface area (Å²) in [6.07, 6.45) is 0.0656. The van der Waals surface area contributed by atoms with E-state index in [0.717, 1.165) is 0 Å². The standard InChI is InChI=1S/C14H15ClN2O4/c1-9-14(20)16-12(18)8-17(9)13(19)6-7-21-11-5-3-2-4-10(11)15/h2-5,9H,6-8H2,1H3,(H,16,18,20). The summed E-state index contributed by atoms with van der Waals surface area (Å²) in [5.41, 5.74) is 0. The smallest absolute Gasteiger partial charge is 0.249 e. The highest BCUT2D eigenvalue weighted by molar-refractivity contribution is 6.32. The summed E-state index contributed by atoms with van der Waals surface area (Å²) < 4.78 is 5.42. The molecule has 1 unspecified atom stereocenters. The van der Waals surface area contributed by atoms with Gasteiger partial charge < -0.3 is 9.64 Å². The SMILES string of the molecule is CC1C(=O)NC(=O)CN1C(=O)CCOc1ccccc1Cl. The minimum atomic E-state index is -0.657. The molecule has 1 fully saturated rings. The number of ether oxygens (including phenoxy) is 1. The quantitative estimate of drug-likeness (QED) is 0.841. The number of nitrogens with one attached hydrogen (secondary N) is 1. The maximum absolute atomic E-state index is 12.1. The van der Waals surface area contributed by atoms with Crippen molar-refractivity contribution in [1.82, 2.24) is 10.2 Å². The predicted octanol–water partition coefficient (Wildman–Crippen LogP) is 0.982. The lowest BCUT2D eigenvalue weighted by Gasteiger charge is -2.31. The highest BCUT2D eigenvalue weighted by Crippen LogP contribution is 2.23. The lowest BCUT2D eigenvalue weighted by Crippen LogP contribution is -2.58. The van der Waals surface area contributed by atoms with E-state index in [0.29, 0.717) is 10.8 Å². The van der Waals surface area contributed by atoms with Crippen molar-refractivity contribution in [3.8, 4) is 5.75 Å². The first-order chi connectivity index (χ1) is 9.99. The molecule has 0 radical (unpaired) electrons. The Morgan fingerprint density at radius 2 is 2.14 bits per heavy atom. The van der Waals surface area contributed by atoms with Crippen molar-refractivity contribution in [2.75, 3.05) is 13.2 Å². The first-order valence-corrected chi connectivity index (χ1v) is 6.87. The van der Waals surface area contributed by atoms with E-state index in [1.54, 1.807) is 31.2 Å². The zero-order valence-electron chi connectivity index (χ0n) is 11.5. The Morgan fingerprint density at radius 3 is 2.86 bits per heavy atom. The van der Waals surface area contributed by atoms with Gasteiger partial charge in [0, 0.05) is 0 Å². The van der Waals surface area contributed by atoms with E-state index in [1.807, 2.05) is 0 Å². The van der Waals surface area contributed by atoms with E-state index in [4.69, 9.17) is 16.3 Å². The predicted molar refractivity (Wildman–Crippen MR) is 75.9 cm³/mol. The van der Waals surface area contributed by atoms with Gasteiger partial charge in [-0.1, -0.05) is 23.7 Å². The lowest BCUT2D eigenvalue weighted by molar-refractivity contribution is -0.149. The number of piperazine rings is 1. The third-order valence-electron chi connectivity index (χ3n) is 3.15. The third kappa shape index (κ3) is 3.72. The van der Waals surface area contributed by atoms with Gasteiger partial charge in [-0.3, -0.25) is 19.7 Å². The van der Waals surface area contributed by atoms with Crippen LogP contribution in [0.2, 0.25) is 5.02 Å². The summed E-state index contributed by atoms with van der Waals surface area (Å²) in [5, 5.41) is 2.65. The van der Waals surface area contributed by atoms with Crippen LogP contribution in [-0.2, 0) is 14.4 Å². The van der Waals surface area contributed by atoms with Gasteiger partial charge in [-0.15, -0.1) is 0 Å². The molecule has 3 amide bonds. The fourth-order valence-electron chi connectivity index (χ4n) is 1.97. The Morgan fingerprint density at radius 1 is 1.43 bits per heavy atom. The number of carbonyl (C=O) groups is 3. The molecule has 7 heteroatoms. The van der Waals surface area contributed by atoms with Crippen molar-refractivity contribution >= 4 is 29.3 Å². The average Bonchev–Trinajstić information content (AvgIpc) is 2.44. The van der Waals surface area contributed by atoms with Crippen LogP contribution in [0.3, 0.4) is 0 Å². The molecule has 2 rings (SSSR count). The molecule has 1 N–H and O–H groups in total. The molecule has 1 aliphatic heterocycles. The molecular weight excluding hydrogens is 296 g/mol. The summed E-state index contributed by atoms with van der Waals surface area (Å²) in [4.78, 5) is 36.1. The topological polar surface area (TPSA) is 75.7 Å². The van der Waals surface area contributed by atoms with Crippen molar-refractivity contribution in [2.45, 2.75) is 19.4 Å².